The summed E-state index contributed by atoms with van der Waals surface area (Å²) < 4.78 is 38.4. The molecular formula is C24H22F3N7O2. The lowest BCUT2D eigenvalue weighted by molar-refractivity contribution is -0.142. The van der Waals surface area contributed by atoms with Crippen LogP contribution in [0.15, 0.2) is 61.4 Å². The molecule has 9 nitrogen and oxygen atoms in total. The Balaban J connectivity index is 1.58. The number of hydrogen-bond donors (Lipinski definition) is 3. The fourth-order valence-corrected chi connectivity index (χ4v) is 3.52. The number of aliphatic hydroxyl groups is 1. The molecule has 1 aromatic carbocycles. The predicted molar refractivity (Wildman–Crippen MR) is 126 cm³/mol. The molecule has 0 aliphatic heterocycles. The Kier molecular flexibility index (Phi) is 7.08. The Morgan fingerprint density at radius 3 is 2.64 bits per heavy atom. The molecule has 0 saturated heterocycles. The molecule has 0 radical (unpaired) electrons. The van der Waals surface area contributed by atoms with Crippen LogP contribution in [0.3, 0.4) is 0 Å². The number of pyridine rings is 1. The lowest BCUT2D eigenvalue weighted by Crippen LogP contribution is -2.18. The number of halogens is 3. The zero-order chi connectivity index (χ0) is 25.9. The van der Waals surface area contributed by atoms with Crippen molar-refractivity contribution in [2.24, 2.45) is 0 Å². The van der Waals surface area contributed by atoms with E-state index in [2.05, 4.69) is 30.7 Å². The quantitative estimate of drug-likeness (QED) is 0.333. The number of amides is 1. The number of alkyl halides is 3. The van der Waals surface area contributed by atoms with Gasteiger partial charge < -0.3 is 10.4 Å². The number of aryl methyl sites for hydroxylation is 1. The monoisotopic (exact) mass is 497 g/mol. The third kappa shape index (κ3) is 5.90. The largest absolute Gasteiger partial charge is 0.408 e. The molecule has 3 heterocycles. The lowest BCUT2D eigenvalue weighted by atomic mass is 9.99. The Labute approximate surface area is 204 Å². The van der Waals surface area contributed by atoms with E-state index in [-0.39, 0.29) is 5.56 Å². The summed E-state index contributed by atoms with van der Waals surface area (Å²) in [4.78, 5) is 25.2. The Morgan fingerprint density at radius 1 is 1.11 bits per heavy atom. The van der Waals surface area contributed by atoms with E-state index in [0.717, 1.165) is 29.1 Å². The highest BCUT2D eigenvalue weighted by Gasteiger charge is 2.28. The molecule has 0 aliphatic rings. The van der Waals surface area contributed by atoms with E-state index < -0.39 is 24.9 Å². The van der Waals surface area contributed by atoms with Gasteiger partial charge in [0.15, 0.2) is 0 Å². The fraction of sp³-hybridized carbons (Fsp3) is 0.208. The molecule has 0 bridgehead atoms. The maximum Gasteiger partial charge on any atom is 0.408 e. The summed E-state index contributed by atoms with van der Waals surface area (Å²) in [6, 6.07) is 8.80. The minimum atomic E-state index is -4.44. The van der Waals surface area contributed by atoms with Gasteiger partial charge in [-0.3, -0.25) is 19.8 Å². The van der Waals surface area contributed by atoms with Crippen LogP contribution in [0.5, 0.6) is 0 Å². The van der Waals surface area contributed by atoms with Crippen molar-refractivity contribution in [2.75, 3.05) is 12.4 Å². The van der Waals surface area contributed by atoms with Gasteiger partial charge in [0.1, 0.15) is 19.1 Å². The normalized spacial score (nSPS) is 12.4. The van der Waals surface area contributed by atoms with Crippen LogP contribution in [0.2, 0.25) is 0 Å². The Bertz CT molecular complexity index is 1390. The van der Waals surface area contributed by atoms with Crippen molar-refractivity contribution < 1.29 is 23.1 Å². The third-order valence-electron chi connectivity index (χ3n) is 5.32. The summed E-state index contributed by atoms with van der Waals surface area (Å²) in [5, 5.41) is 19.0. The molecule has 12 heteroatoms. The zero-order valence-electron chi connectivity index (χ0n) is 19.3. The van der Waals surface area contributed by atoms with Crippen molar-refractivity contribution in [1.29, 1.82) is 0 Å². The van der Waals surface area contributed by atoms with E-state index in [9.17, 15) is 23.1 Å². The molecule has 0 saturated carbocycles. The van der Waals surface area contributed by atoms with Crippen molar-refractivity contribution in [3.8, 4) is 22.4 Å². The molecule has 0 spiro atoms. The van der Waals surface area contributed by atoms with Gasteiger partial charge in [-0.2, -0.15) is 18.3 Å². The smallest absolute Gasteiger partial charge is 0.373 e. The maximum absolute atomic E-state index is 12.6. The van der Waals surface area contributed by atoms with Crippen molar-refractivity contribution in [1.82, 2.24) is 30.0 Å². The van der Waals surface area contributed by atoms with Crippen molar-refractivity contribution >= 4 is 11.6 Å². The second-order valence-electron chi connectivity index (χ2n) is 8.01. The van der Waals surface area contributed by atoms with Crippen LogP contribution in [0.1, 0.15) is 27.8 Å². The van der Waals surface area contributed by atoms with Gasteiger partial charge in [0.25, 0.3) is 5.91 Å². The summed E-state index contributed by atoms with van der Waals surface area (Å²) in [6.07, 6.45) is 1.43. The number of nitrogens with zero attached hydrogens (tertiary/aromatic N) is 5. The van der Waals surface area contributed by atoms with E-state index in [1.165, 1.54) is 6.33 Å². The number of carbonyl (C=O) groups is 1. The van der Waals surface area contributed by atoms with Crippen LogP contribution in [0, 0.1) is 6.92 Å². The molecule has 1 unspecified atom stereocenters. The standard InChI is InChI=1S/C24H22F3N7O2/c1-14-3-4-18(33-22(35)17-10-32-34(11-17)12-24(25,26)27)6-19(14)15-5-16(9-29-8-15)20-7-21(23(36)28-2)31-13-30-20/h3-11,13,23,28,36H,12H2,1-2H3,(H,33,35). The Hall–Kier alpha value is -4.16. The number of aromatic nitrogens is 5. The number of carbonyl (C=O) groups excluding carboxylic acids is 1. The summed E-state index contributed by atoms with van der Waals surface area (Å²) >= 11 is 0. The van der Waals surface area contributed by atoms with Crippen LogP contribution in [0.25, 0.3) is 22.4 Å². The van der Waals surface area contributed by atoms with Crippen LogP contribution in [0.4, 0.5) is 18.9 Å². The van der Waals surface area contributed by atoms with Gasteiger partial charge in [0.05, 0.1) is 23.1 Å². The molecule has 0 aliphatic carbocycles. The zero-order valence-corrected chi connectivity index (χ0v) is 19.3. The second-order valence-corrected chi connectivity index (χ2v) is 8.01. The first kappa shape index (κ1) is 24.9. The predicted octanol–water partition coefficient (Wildman–Crippen LogP) is 3.74. The highest BCUT2D eigenvalue weighted by Crippen LogP contribution is 2.29. The average molecular weight is 497 g/mol. The second kappa shape index (κ2) is 10.2. The molecule has 3 N–H and O–H groups in total. The van der Waals surface area contributed by atoms with Gasteiger partial charge in [-0.25, -0.2) is 9.97 Å². The first-order valence-electron chi connectivity index (χ1n) is 10.8. The number of nitrogens with one attached hydrogen (secondary N) is 2. The van der Waals surface area contributed by atoms with Gasteiger partial charge in [0, 0.05) is 35.4 Å². The van der Waals surface area contributed by atoms with Crippen LogP contribution in [-0.4, -0.2) is 49.0 Å². The average Bonchev–Trinajstić information content (AvgIpc) is 3.32. The van der Waals surface area contributed by atoms with Gasteiger partial charge in [-0.15, -0.1) is 0 Å². The van der Waals surface area contributed by atoms with Gasteiger partial charge in [0.2, 0.25) is 0 Å². The molecule has 1 atom stereocenters. The molecule has 0 fully saturated rings. The molecule has 4 aromatic rings. The minimum absolute atomic E-state index is 0.00774. The SMILES string of the molecule is CNC(O)c1cc(-c2cncc(-c3cc(NC(=O)c4cnn(CC(F)(F)F)c4)ccc3C)c2)ncn1. The van der Waals surface area contributed by atoms with Gasteiger partial charge in [-0.05, 0) is 49.4 Å². The van der Waals surface area contributed by atoms with Gasteiger partial charge >= 0.3 is 6.18 Å². The first-order valence-corrected chi connectivity index (χ1v) is 10.8. The first-order chi connectivity index (χ1) is 17.1. The fourth-order valence-electron chi connectivity index (χ4n) is 3.52. The summed E-state index contributed by atoms with van der Waals surface area (Å²) in [6.45, 7) is 0.626. The topological polar surface area (TPSA) is 118 Å². The molecule has 1 amide bonds. The van der Waals surface area contributed by atoms with E-state index in [1.807, 2.05) is 19.1 Å². The van der Waals surface area contributed by atoms with E-state index in [0.29, 0.717) is 27.3 Å². The van der Waals surface area contributed by atoms with E-state index in [4.69, 9.17) is 0 Å². The third-order valence-corrected chi connectivity index (χ3v) is 5.32. The Morgan fingerprint density at radius 2 is 1.89 bits per heavy atom. The van der Waals surface area contributed by atoms with Crippen molar-refractivity contribution in [3.05, 3.63) is 78.3 Å². The number of aliphatic hydroxyl groups excluding tert-OH is 1. The number of anilines is 1. The molecular weight excluding hydrogens is 475 g/mol. The van der Waals surface area contributed by atoms with Crippen LogP contribution < -0.4 is 10.6 Å². The van der Waals surface area contributed by atoms with E-state index in [1.54, 1.807) is 37.6 Å². The minimum Gasteiger partial charge on any atom is -0.373 e. The highest BCUT2D eigenvalue weighted by atomic mass is 19.4. The number of rotatable bonds is 7. The summed E-state index contributed by atoms with van der Waals surface area (Å²) in [7, 11) is 1.61. The van der Waals surface area contributed by atoms with Gasteiger partial charge in [-0.1, -0.05) is 6.07 Å². The van der Waals surface area contributed by atoms with Crippen LogP contribution in [-0.2, 0) is 6.54 Å². The summed E-state index contributed by atoms with van der Waals surface area (Å²) in [5.41, 5.74) is 4.61. The van der Waals surface area contributed by atoms with E-state index >= 15 is 0 Å². The molecule has 3 aromatic heterocycles. The maximum atomic E-state index is 12.6. The van der Waals surface area contributed by atoms with Crippen molar-refractivity contribution in [3.63, 3.8) is 0 Å². The number of hydrogen-bond acceptors (Lipinski definition) is 7. The molecule has 4 rings (SSSR count). The molecule has 36 heavy (non-hydrogen) atoms. The summed E-state index contributed by atoms with van der Waals surface area (Å²) in [5.74, 6) is -0.582. The number of benzene rings is 1. The van der Waals surface area contributed by atoms with Crippen molar-refractivity contribution in [2.45, 2.75) is 25.9 Å². The van der Waals surface area contributed by atoms with Crippen LogP contribution >= 0.6 is 0 Å². The highest BCUT2D eigenvalue weighted by molar-refractivity contribution is 6.04. The lowest BCUT2D eigenvalue weighted by Gasteiger charge is -2.12. The molecule has 186 valence electrons.